The predicted octanol–water partition coefficient (Wildman–Crippen LogP) is -0.255. The first-order valence-electron chi connectivity index (χ1n) is 5.17. The molecule has 0 aromatic carbocycles. The molecular weight excluding hydrogens is 196 g/mol. The smallest absolute Gasteiger partial charge is 0.308 e. The van der Waals surface area contributed by atoms with Crippen molar-refractivity contribution < 1.29 is 14.3 Å². The molecule has 0 aromatic heterocycles. The molecule has 1 amide bonds. The Labute approximate surface area is 89.6 Å². The summed E-state index contributed by atoms with van der Waals surface area (Å²) in [6, 6.07) is -0.247. The fourth-order valence-electron chi connectivity index (χ4n) is 1.87. The van der Waals surface area contributed by atoms with Gasteiger partial charge in [-0.1, -0.05) is 0 Å². The summed E-state index contributed by atoms with van der Waals surface area (Å²) in [5.74, 6) is -0.487. The summed E-state index contributed by atoms with van der Waals surface area (Å²) in [6.07, 6.45) is 1.48. The normalized spacial score (nSPS) is 20.9. The van der Waals surface area contributed by atoms with Gasteiger partial charge in [-0.05, 0) is 32.9 Å². The Bertz CT molecular complexity index is 247. The Morgan fingerprint density at radius 2 is 1.93 bits per heavy atom. The number of carbonyl (C=O) groups excluding carboxylic acids is 2. The van der Waals surface area contributed by atoms with Crippen molar-refractivity contribution in [2.24, 2.45) is 11.7 Å². The maximum atomic E-state index is 11.2. The molecular formula is C10H18N2O3. The monoisotopic (exact) mass is 214 g/mol. The van der Waals surface area contributed by atoms with Crippen LogP contribution in [0.15, 0.2) is 0 Å². The van der Waals surface area contributed by atoms with E-state index in [0.717, 1.165) is 25.9 Å². The number of methoxy groups -OCH3 is 1. The maximum Gasteiger partial charge on any atom is 0.308 e. The number of hydrogen-bond acceptors (Lipinski definition) is 4. The van der Waals surface area contributed by atoms with Gasteiger partial charge in [-0.3, -0.25) is 14.5 Å². The van der Waals surface area contributed by atoms with Gasteiger partial charge in [-0.15, -0.1) is 0 Å². The number of amides is 1. The van der Waals surface area contributed by atoms with Crippen LogP contribution >= 0.6 is 0 Å². The molecule has 2 N–H and O–H groups in total. The van der Waals surface area contributed by atoms with E-state index in [-0.39, 0.29) is 23.8 Å². The molecule has 1 heterocycles. The van der Waals surface area contributed by atoms with Gasteiger partial charge < -0.3 is 10.5 Å². The van der Waals surface area contributed by atoms with Gasteiger partial charge in [0, 0.05) is 0 Å². The van der Waals surface area contributed by atoms with E-state index >= 15 is 0 Å². The molecule has 5 heteroatoms. The highest BCUT2D eigenvalue weighted by Crippen LogP contribution is 2.19. The van der Waals surface area contributed by atoms with Gasteiger partial charge in [0.2, 0.25) is 5.91 Å². The number of carbonyl (C=O) groups is 2. The molecule has 0 aliphatic carbocycles. The van der Waals surface area contributed by atoms with Gasteiger partial charge in [-0.2, -0.15) is 0 Å². The van der Waals surface area contributed by atoms with Crippen LogP contribution in [-0.2, 0) is 14.3 Å². The van der Waals surface area contributed by atoms with Gasteiger partial charge in [0.05, 0.1) is 19.1 Å². The molecule has 1 aliphatic rings. The molecule has 1 saturated heterocycles. The summed E-state index contributed by atoms with van der Waals surface area (Å²) < 4.78 is 4.68. The van der Waals surface area contributed by atoms with Gasteiger partial charge >= 0.3 is 5.97 Å². The fraction of sp³-hybridized carbons (Fsp3) is 0.800. The topological polar surface area (TPSA) is 72.6 Å². The second-order valence-corrected chi connectivity index (χ2v) is 3.91. The highest BCUT2D eigenvalue weighted by atomic mass is 16.5. The van der Waals surface area contributed by atoms with Crippen LogP contribution in [0.2, 0.25) is 0 Å². The zero-order valence-electron chi connectivity index (χ0n) is 9.23. The van der Waals surface area contributed by atoms with Crippen LogP contribution in [0.3, 0.4) is 0 Å². The summed E-state index contributed by atoms with van der Waals surface area (Å²) in [6.45, 7) is 3.24. The molecule has 1 unspecified atom stereocenters. The molecule has 86 valence electrons. The lowest BCUT2D eigenvalue weighted by atomic mass is 9.96. The first-order valence-corrected chi connectivity index (χ1v) is 5.17. The molecule has 15 heavy (non-hydrogen) atoms. The minimum absolute atomic E-state index is 0.0219. The summed E-state index contributed by atoms with van der Waals surface area (Å²) in [5.41, 5.74) is 5.22. The first kappa shape index (κ1) is 12.0. The van der Waals surface area contributed by atoms with Gasteiger partial charge in [0.25, 0.3) is 0 Å². The molecule has 5 nitrogen and oxygen atoms in total. The average molecular weight is 214 g/mol. The molecule has 0 bridgehead atoms. The van der Waals surface area contributed by atoms with E-state index in [1.165, 1.54) is 7.11 Å². The van der Waals surface area contributed by atoms with Crippen molar-refractivity contribution in [1.29, 1.82) is 0 Å². The zero-order chi connectivity index (χ0) is 11.4. The van der Waals surface area contributed by atoms with Crippen LogP contribution in [0.25, 0.3) is 0 Å². The van der Waals surface area contributed by atoms with E-state index in [2.05, 4.69) is 4.74 Å². The Morgan fingerprint density at radius 3 is 2.33 bits per heavy atom. The minimum atomic E-state index is -0.313. The lowest BCUT2D eigenvalue weighted by molar-refractivity contribution is -0.147. The van der Waals surface area contributed by atoms with Crippen LogP contribution in [0.1, 0.15) is 19.8 Å². The third-order valence-electron chi connectivity index (χ3n) is 3.02. The third-order valence-corrected chi connectivity index (χ3v) is 3.02. The Morgan fingerprint density at radius 1 is 1.40 bits per heavy atom. The van der Waals surface area contributed by atoms with Crippen molar-refractivity contribution in [3.05, 3.63) is 0 Å². The number of esters is 1. The van der Waals surface area contributed by atoms with E-state index < -0.39 is 0 Å². The fourth-order valence-corrected chi connectivity index (χ4v) is 1.87. The second kappa shape index (κ2) is 5.11. The number of rotatable bonds is 3. The molecule has 1 atom stereocenters. The number of likely N-dealkylation sites (tertiary alicyclic amines) is 1. The quantitative estimate of drug-likeness (QED) is 0.657. The van der Waals surface area contributed by atoms with Gasteiger partial charge in [0.15, 0.2) is 0 Å². The zero-order valence-corrected chi connectivity index (χ0v) is 9.23. The average Bonchev–Trinajstić information content (AvgIpc) is 2.27. The van der Waals surface area contributed by atoms with Crippen molar-refractivity contribution in [2.45, 2.75) is 25.8 Å². The van der Waals surface area contributed by atoms with E-state index in [9.17, 15) is 9.59 Å². The number of hydrogen-bond donors (Lipinski definition) is 1. The van der Waals surface area contributed by atoms with E-state index in [0.29, 0.717) is 0 Å². The van der Waals surface area contributed by atoms with Crippen LogP contribution in [-0.4, -0.2) is 43.0 Å². The molecule has 0 radical (unpaired) electrons. The summed E-state index contributed by atoms with van der Waals surface area (Å²) in [7, 11) is 1.40. The van der Waals surface area contributed by atoms with Crippen molar-refractivity contribution in [3.8, 4) is 0 Å². The molecule has 0 saturated carbocycles. The largest absolute Gasteiger partial charge is 0.469 e. The van der Waals surface area contributed by atoms with Crippen molar-refractivity contribution in [3.63, 3.8) is 0 Å². The maximum absolute atomic E-state index is 11.2. The summed E-state index contributed by atoms with van der Waals surface area (Å²) in [4.78, 5) is 24.2. The highest BCUT2D eigenvalue weighted by Gasteiger charge is 2.29. The van der Waals surface area contributed by atoms with Gasteiger partial charge in [0.1, 0.15) is 0 Å². The Kier molecular flexibility index (Phi) is 4.08. The molecule has 1 aliphatic heterocycles. The Hall–Kier alpha value is -1.10. The summed E-state index contributed by atoms with van der Waals surface area (Å²) >= 11 is 0. The van der Waals surface area contributed by atoms with Crippen LogP contribution < -0.4 is 5.73 Å². The van der Waals surface area contributed by atoms with E-state index in [1.54, 1.807) is 6.92 Å². The van der Waals surface area contributed by atoms with E-state index in [1.807, 2.05) is 4.90 Å². The number of piperidine rings is 1. The number of primary amides is 1. The predicted molar refractivity (Wildman–Crippen MR) is 55.0 cm³/mol. The van der Waals surface area contributed by atoms with Crippen LogP contribution in [0, 0.1) is 5.92 Å². The van der Waals surface area contributed by atoms with Gasteiger partial charge in [-0.25, -0.2) is 0 Å². The van der Waals surface area contributed by atoms with Crippen molar-refractivity contribution in [1.82, 2.24) is 4.90 Å². The summed E-state index contributed by atoms with van der Waals surface area (Å²) in [5, 5.41) is 0. The lowest BCUT2D eigenvalue weighted by Crippen LogP contribution is -2.47. The van der Waals surface area contributed by atoms with E-state index in [4.69, 9.17) is 5.73 Å². The molecule has 0 aromatic rings. The first-order chi connectivity index (χ1) is 7.06. The molecule has 0 spiro atoms. The Balaban J connectivity index is 2.42. The highest BCUT2D eigenvalue weighted by molar-refractivity contribution is 5.79. The molecule has 1 rings (SSSR count). The number of nitrogens with zero attached hydrogens (tertiary/aromatic N) is 1. The number of nitrogens with two attached hydrogens (primary N) is 1. The third kappa shape index (κ3) is 2.92. The minimum Gasteiger partial charge on any atom is -0.469 e. The van der Waals surface area contributed by atoms with Crippen molar-refractivity contribution in [2.75, 3.05) is 20.2 Å². The van der Waals surface area contributed by atoms with Crippen molar-refractivity contribution >= 4 is 11.9 Å². The lowest BCUT2D eigenvalue weighted by Gasteiger charge is -2.33. The second-order valence-electron chi connectivity index (χ2n) is 3.91. The number of ether oxygens (including phenoxy) is 1. The van der Waals surface area contributed by atoms with Crippen LogP contribution in [0.5, 0.6) is 0 Å². The molecule has 1 fully saturated rings. The standard InChI is InChI=1S/C10H18N2O3/c1-7(9(11)13)12-5-3-8(4-6-12)10(14)15-2/h7-8H,3-6H2,1-2H3,(H2,11,13). The SMILES string of the molecule is COC(=O)C1CCN(C(C)C(N)=O)CC1. The van der Waals surface area contributed by atoms with Crippen LogP contribution in [0.4, 0.5) is 0 Å².